The summed E-state index contributed by atoms with van der Waals surface area (Å²) in [6, 6.07) is 6.56. The van der Waals surface area contributed by atoms with Crippen molar-refractivity contribution in [3.63, 3.8) is 0 Å². The second kappa shape index (κ2) is 6.58. The van der Waals surface area contributed by atoms with Gasteiger partial charge < -0.3 is 9.47 Å². The minimum absolute atomic E-state index is 0.0707. The highest BCUT2D eigenvalue weighted by molar-refractivity contribution is 5.83. The maximum absolute atomic E-state index is 13.0. The van der Waals surface area contributed by atoms with E-state index in [1.54, 1.807) is 18.5 Å². The number of likely N-dealkylation sites (tertiary alicyclic amines) is 1. The first kappa shape index (κ1) is 16.2. The van der Waals surface area contributed by atoms with E-state index in [4.69, 9.17) is 0 Å². The lowest BCUT2D eigenvalue weighted by Gasteiger charge is -2.32. The molecule has 1 amide bonds. The summed E-state index contributed by atoms with van der Waals surface area (Å²) < 4.78 is 15.1. The van der Waals surface area contributed by atoms with Crippen LogP contribution in [0.4, 0.5) is 4.39 Å². The molecule has 2 atom stereocenters. The predicted octanol–water partition coefficient (Wildman–Crippen LogP) is 2.95. The number of nitrogens with zero attached hydrogens (tertiary/aromatic N) is 4. The van der Waals surface area contributed by atoms with E-state index in [1.165, 1.54) is 12.1 Å². The van der Waals surface area contributed by atoms with E-state index < -0.39 is 0 Å². The molecule has 1 saturated carbocycles. The Balaban J connectivity index is 1.34. The van der Waals surface area contributed by atoms with Crippen LogP contribution in [0.3, 0.4) is 0 Å². The number of halogens is 1. The van der Waals surface area contributed by atoms with Gasteiger partial charge in [0.1, 0.15) is 18.0 Å². The molecule has 0 N–H and O–H groups in total. The molecule has 2 fully saturated rings. The zero-order chi connectivity index (χ0) is 17.4. The van der Waals surface area contributed by atoms with Gasteiger partial charge in [0.05, 0.1) is 0 Å². The quantitative estimate of drug-likeness (QED) is 0.858. The molecule has 1 aliphatic heterocycles. The van der Waals surface area contributed by atoms with Gasteiger partial charge in [-0.25, -0.2) is 4.39 Å². The number of carbonyl (C=O) groups excluding carboxylic acids is 1. The van der Waals surface area contributed by atoms with E-state index in [2.05, 4.69) is 21.7 Å². The fraction of sp³-hybridized carbons (Fsp3) is 0.526. The summed E-state index contributed by atoms with van der Waals surface area (Å²) in [5.74, 6) is 1.79. The van der Waals surface area contributed by atoms with E-state index in [1.807, 2.05) is 4.90 Å². The highest BCUT2D eigenvalue weighted by Gasteiger charge is 2.46. The summed E-state index contributed by atoms with van der Waals surface area (Å²) in [4.78, 5) is 14.7. The van der Waals surface area contributed by atoms with Crippen LogP contribution in [0.2, 0.25) is 0 Å². The van der Waals surface area contributed by atoms with Crippen molar-refractivity contribution in [3.8, 4) is 0 Å². The second-order valence-electron chi connectivity index (χ2n) is 7.07. The van der Waals surface area contributed by atoms with Crippen LogP contribution >= 0.6 is 0 Å². The fourth-order valence-corrected chi connectivity index (χ4v) is 3.96. The summed E-state index contributed by atoms with van der Waals surface area (Å²) in [6.07, 6.45) is 4.55. The maximum Gasteiger partial charge on any atom is 0.226 e. The lowest BCUT2D eigenvalue weighted by Crippen LogP contribution is -2.39. The minimum Gasteiger partial charge on any atom is -0.342 e. The Morgan fingerprint density at radius 1 is 1.24 bits per heavy atom. The Bertz CT molecular complexity index is 749. The molecule has 2 heterocycles. The third-order valence-corrected chi connectivity index (χ3v) is 5.56. The zero-order valence-corrected chi connectivity index (χ0v) is 14.4. The Labute approximate surface area is 146 Å². The van der Waals surface area contributed by atoms with Gasteiger partial charge >= 0.3 is 0 Å². The predicted molar refractivity (Wildman–Crippen MR) is 91.5 cm³/mol. The molecule has 0 spiro atoms. The summed E-state index contributed by atoms with van der Waals surface area (Å²) in [6.45, 7) is 4.54. The molecule has 132 valence electrons. The second-order valence-corrected chi connectivity index (χ2v) is 7.07. The van der Waals surface area contributed by atoms with Crippen molar-refractivity contribution < 1.29 is 9.18 Å². The van der Waals surface area contributed by atoms with Crippen molar-refractivity contribution in [2.75, 3.05) is 13.1 Å². The first-order valence-electron chi connectivity index (χ1n) is 9.09. The van der Waals surface area contributed by atoms with Crippen LogP contribution in [0.1, 0.15) is 49.4 Å². The van der Waals surface area contributed by atoms with Crippen LogP contribution < -0.4 is 0 Å². The topological polar surface area (TPSA) is 51.0 Å². The van der Waals surface area contributed by atoms with E-state index in [0.29, 0.717) is 5.92 Å². The molecule has 1 aromatic heterocycles. The number of hydrogen-bond donors (Lipinski definition) is 0. The third-order valence-electron chi connectivity index (χ3n) is 5.56. The molecule has 5 nitrogen and oxygen atoms in total. The van der Waals surface area contributed by atoms with E-state index in [-0.39, 0.29) is 23.6 Å². The zero-order valence-electron chi connectivity index (χ0n) is 14.4. The van der Waals surface area contributed by atoms with Crippen LogP contribution in [0.25, 0.3) is 0 Å². The van der Waals surface area contributed by atoms with Gasteiger partial charge in [-0.05, 0) is 49.8 Å². The van der Waals surface area contributed by atoms with Gasteiger partial charge in [-0.1, -0.05) is 12.1 Å². The van der Waals surface area contributed by atoms with Gasteiger partial charge in [0.2, 0.25) is 5.91 Å². The lowest BCUT2D eigenvalue weighted by molar-refractivity contribution is -0.133. The molecule has 4 rings (SSSR count). The molecule has 25 heavy (non-hydrogen) atoms. The van der Waals surface area contributed by atoms with E-state index >= 15 is 0 Å². The SMILES string of the molecule is CCn1cnnc1C1CCN(C(=O)C2CC2c2ccc(F)cc2)CC1. The van der Waals surface area contributed by atoms with Gasteiger partial charge in [0, 0.05) is 31.5 Å². The van der Waals surface area contributed by atoms with Gasteiger partial charge in [-0.2, -0.15) is 0 Å². The molecule has 1 aromatic carbocycles. The normalized spacial score (nSPS) is 23.7. The molecule has 2 aliphatic rings. The molecular formula is C19H23FN4O. The molecule has 1 aliphatic carbocycles. The molecule has 2 aromatic rings. The van der Waals surface area contributed by atoms with Crippen molar-refractivity contribution in [3.05, 3.63) is 47.8 Å². The first-order chi connectivity index (χ1) is 12.2. The molecule has 6 heteroatoms. The van der Waals surface area contributed by atoms with Crippen molar-refractivity contribution in [2.45, 2.75) is 44.6 Å². The minimum atomic E-state index is -0.228. The Morgan fingerprint density at radius 3 is 2.64 bits per heavy atom. The Morgan fingerprint density at radius 2 is 1.96 bits per heavy atom. The number of piperidine rings is 1. The smallest absolute Gasteiger partial charge is 0.226 e. The van der Waals surface area contributed by atoms with E-state index in [9.17, 15) is 9.18 Å². The molecule has 0 radical (unpaired) electrons. The van der Waals surface area contributed by atoms with Crippen LogP contribution in [-0.2, 0) is 11.3 Å². The largest absolute Gasteiger partial charge is 0.342 e. The molecule has 2 unspecified atom stereocenters. The van der Waals surface area contributed by atoms with Crippen molar-refractivity contribution >= 4 is 5.91 Å². The highest BCUT2D eigenvalue weighted by Crippen LogP contribution is 2.48. The Kier molecular flexibility index (Phi) is 4.27. The number of amides is 1. The average molecular weight is 342 g/mol. The third kappa shape index (κ3) is 3.17. The van der Waals surface area contributed by atoms with Crippen molar-refractivity contribution in [1.82, 2.24) is 19.7 Å². The first-order valence-corrected chi connectivity index (χ1v) is 9.09. The van der Waals surface area contributed by atoms with Gasteiger partial charge in [-0.3, -0.25) is 4.79 Å². The van der Waals surface area contributed by atoms with Crippen molar-refractivity contribution in [1.29, 1.82) is 0 Å². The molecule has 1 saturated heterocycles. The number of rotatable bonds is 4. The standard InChI is InChI=1S/C19H23FN4O/c1-2-23-12-21-22-18(23)14-7-9-24(10-8-14)19(25)17-11-16(17)13-3-5-15(20)6-4-13/h3-6,12,14,16-17H,2,7-11H2,1H3. The van der Waals surface area contributed by atoms with Crippen LogP contribution in [0.15, 0.2) is 30.6 Å². The highest BCUT2D eigenvalue weighted by atomic mass is 19.1. The van der Waals surface area contributed by atoms with Crippen LogP contribution in [0, 0.1) is 11.7 Å². The summed E-state index contributed by atoms with van der Waals surface area (Å²) in [7, 11) is 0. The van der Waals surface area contributed by atoms with Gasteiger partial charge in [0.25, 0.3) is 0 Å². The average Bonchev–Trinajstić information content (AvgIpc) is 3.30. The number of benzene rings is 1. The summed E-state index contributed by atoms with van der Waals surface area (Å²) >= 11 is 0. The molecule has 0 bridgehead atoms. The Hall–Kier alpha value is -2.24. The fourth-order valence-electron chi connectivity index (χ4n) is 3.96. The summed E-state index contributed by atoms with van der Waals surface area (Å²) in [5.41, 5.74) is 1.07. The van der Waals surface area contributed by atoms with Crippen molar-refractivity contribution in [2.24, 2.45) is 5.92 Å². The maximum atomic E-state index is 13.0. The summed E-state index contributed by atoms with van der Waals surface area (Å²) in [5, 5.41) is 8.28. The van der Waals surface area contributed by atoms with Crippen LogP contribution in [0.5, 0.6) is 0 Å². The van der Waals surface area contributed by atoms with Gasteiger partial charge in [0.15, 0.2) is 0 Å². The number of aromatic nitrogens is 3. The van der Waals surface area contributed by atoms with E-state index in [0.717, 1.165) is 50.3 Å². The monoisotopic (exact) mass is 342 g/mol. The number of hydrogen-bond acceptors (Lipinski definition) is 3. The molecular weight excluding hydrogens is 319 g/mol. The lowest BCUT2D eigenvalue weighted by atomic mass is 9.95. The number of aryl methyl sites for hydroxylation is 1. The number of carbonyl (C=O) groups is 1. The van der Waals surface area contributed by atoms with Gasteiger partial charge in [-0.15, -0.1) is 10.2 Å². The van der Waals surface area contributed by atoms with Crippen LogP contribution in [-0.4, -0.2) is 38.7 Å².